The van der Waals surface area contributed by atoms with Gasteiger partial charge in [-0.2, -0.15) is 0 Å². The summed E-state index contributed by atoms with van der Waals surface area (Å²) in [6.07, 6.45) is 6.79. The Morgan fingerprint density at radius 2 is 0.305 bits per heavy atom. The quantitative estimate of drug-likeness (QED) is 0.0503. The molecule has 0 spiro atoms. The number of hydrogen-bond donors (Lipinski definition) is 0. The molecular weight excluding hydrogens is 1320 g/mol. The predicted molar refractivity (Wildman–Crippen MR) is 462 cm³/mol. The summed E-state index contributed by atoms with van der Waals surface area (Å²) in [5.74, 6) is 0. The molecule has 0 aliphatic carbocycles. The predicted octanol–water partition coefficient (Wildman–Crippen LogP) is 21.5. The van der Waals surface area contributed by atoms with Crippen molar-refractivity contribution < 1.29 is 0 Å². The highest BCUT2D eigenvalue weighted by atomic mass is 31.2. The molecule has 0 bridgehead atoms. The molecule has 0 N–H and O–H groups in total. The van der Waals surface area contributed by atoms with Crippen molar-refractivity contribution in [3.63, 3.8) is 0 Å². The largest absolute Gasteiger partial charge is 0.340 e. The second kappa shape index (κ2) is 31.9. The Morgan fingerprint density at radius 1 is 0.143 bits per heavy atom. The van der Waals surface area contributed by atoms with Crippen LogP contribution in [-0.4, -0.2) is 32.2 Å². The summed E-state index contributed by atoms with van der Waals surface area (Å²) in [4.78, 5) is 0. The highest BCUT2D eigenvalue weighted by molar-refractivity contribution is 7.96. The van der Waals surface area contributed by atoms with Crippen molar-refractivity contribution in [2.24, 2.45) is 0 Å². The minimum absolute atomic E-state index is 0.959. The molecule has 0 aliphatic rings. The van der Waals surface area contributed by atoms with E-state index in [4.69, 9.17) is 0 Å². The van der Waals surface area contributed by atoms with Gasteiger partial charge < -0.3 is 13.7 Å². The molecule has 0 saturated carbocycles. The van der Waals surface area contributed by atoms with Gasteiger partial charge in [0.05, 0.1) is 25.0 Å². The molecule has 0 fully saturated rings. The number of benzene rings is 15. The van der Waals surface area contributed by atoms with Gasteiger partial charge in [0.1, 0.15) is 69.5 Å². The monoisotopic (exact) mass is 1410 g/mol. The molecule has 0 aliphatic heterocycles. The third-order valence-corrected chi connectivity index (χ3v) is 34.9. The van der Waals surface area contributed by atoms with Gasteiger partial charge in [-0.3, -0.25) is 0 Å². The number of fused-ring (bicyclic) bond motifs is 9. The van der Waals surface area contributed by atoms with Crippen molar-refractivity contribution in [1.29, 1.82) is 0 Å². The van der Waals surface area contributed by atoms with Crippen molar-refractivity contribution in [1.82, 2.24) is 13.7 Å². The molecule has 510 valence electrons. The van der Waals surface area contributed by atoms with E-state index in [2.05, 4.69) is 432 Å². The summed E-state index contributed by atoms with van der Waals surface area (Å²) in [5.41, 5.74) is 7.98. The molecule has 0 unspecified atom stereocenters. The van der Waals surface area contributed by atoms with Crippen LogP contribution in [0.15, 0.2) is 419 Å². The minimum Gasteiger partial charge on any atom is -0.340 e. The Bertz CT molecular complexity index is 5360. The zero-order valence-corrected chi connectivity index (χ0v) is 62.1. The SMILES string of the molecule is c1ccc([P+](CCCCn2c3ccccc3c3ccccc32)(c2ccccc2)c2ccccc2)cc1.c1ccc([P+](CCCn2c3ccccc3c3ccccc32)(c2ccccc2)c2ccccc2)cc1.c1ccc([P+](CCn2c3ccccc3c3ccccc32)(c2ccccc2)c2ccccc2)cc1. The third-order valence-electron chi connectivity index (χ3n) is 21.5. The van der Waals surface area contributed by atoms with Crippen molar-refractivity contribution in [2.45, 2.75) is 38.9 Å². The highest BCUT2D eigenvalue weighted by Crippen LogP contribution is 2.58. The topological polar surface area (TPSA) is 14.8 Å². The molecule has 0 atom stereocenters. The second-order valence-corrected chi connectivity index (χ2v) is 38.1. The van der Waals surface area contributed by atoms with Gasteiger partial charge in [0.2, 0.25) is 0 Å². The summed E-state index contributed by atoms with van der Waals surface area (Å²) < 4.78 is 7.59. The normalized spacial score (nSPS) is 11.8. The molecule has 0 amide bonds. The van der Waals surface area contributed by atoms with Crippen LogP contribution in [0, 0.1) is 0 Å². The fraction of sp³-hybridized carbons (Fsp3) is 0.0909. The van der Waals surface area contributed by atoms with Crippen LogP contribution in [0.1, 0.15) is 19.3 Å². The van der Waals surface area contributed by atoms with Gasteiger partial charge in [-0.25, -0.2) is 0 Å². The lowest BCUT2D eigenvalue weighted by Gasteiger charge is -2.28. The van der Waals surface area contributed by atoms with E-state index in [1.807, 2.05) is 0 Å². The van der Waals surface area contributed by atoms with Crippen molar-refractivity contribution in [2.75, 3.05) is 18.5 Å². The summed E-state index contributed by atoms with van der Waals surface area (Å²) in [6.45, 7) is 3.00. The third kappa shape index (κ3) is 13.6. The number of aryl methyl sites for hydroxylation is 3. The molecule has 6 heteroatoms. The summed E-state index contributed by atoms with van der Waals surface area (Å²) >= 11 is 0. The van der Waals surface area contributed by atoms with Gasteiger partial charge in [0.25, 0.3) is 0 Å². The number of unbranched alkanes of at least 4 members (excludes halogenated alkanes) is 1. The number of nitrogens with zero attached hydrogens (tertiary/aromatic N) is 3. The Morgan fingerprint density at radius 3 is 0.524 bits per heavy atom. The van der Waals surface area contributed by atoms with Crippen LogP contribution in [0.2, 0.25) is 0 Å². The van der Waals surface area contributed by atoms with Gasteiger partial charge in [0, 0.05) is 84.9 Å². The number of para-hydroxylation sites is 6. The van der Waals surface area contributed by atoms with Crippen LogP contribution in [-0.2, 0) is 19.6 Å². The molecule has 0 radical (unpaired) electrons. The maximum absolute atomic E-state index is 2.54. The average Bonchev–Trinajstić information content (AvgIpc) is 1.33. The molecule has 18 rings (SSSR count). The lowest BCUT2D eigenvalue weighted by Crippen LogP contribution is -2.34. The maximum atomic E-state index is 2.54. The van der Waals surface area contributed by atoms with Gasteiger partial charge >= 0.3 is 0 Å². The van der Waals surface area contributed by atoms with E-state index in [9.17, 15) is 0 Å². The van der Waals surface area contributed by atoms with E-state index in [0.29, 0.717) is 0 Å². The Balaban J connectivity index is 0.000000121. The number of hydrogen-bond acceptors (Lipinski definition) is 0. The molecule has 3 heterocycles. The fourth-order valence-corrected chi connectivity index (χ4v) is 29.7. The van der Waals surface area contributed by atoms with Gasteiger partial charge in [-0.05, 0) is 158 Å². The van der Waals surface area contributed by atoms with Crippen LogP contribution >= 0.6 is 21.8 Å². The molecule has 3 nitrogen and oxygen atoms in total. The Hall–Kier alpha value is -11.0. The molecule has 0 saturated heterocycles. The van der Waals surface area contributed by atoms with Crippen LogP contribution in [0.25, 0.3) is 65.4 Å². The van der Waals surface area contributed by atoms with Gasteiger partial charge in [-0.15, -0.1) is 0 Å². The first kappa shape index (κ1) is 68.4. The second-order valence-electron chi connectivity index (χ2n) is 27.2. The first-order valence-electron chi connectivity index (χ1n) is 37.2. The molecule has 15 aromatic carbocycles. The maximum Gasteiger partial charge on any atom is 0.113 e. The van der Waals surface area contributed by atoms with E-state index >= 15 is 0 Å². The van der Waals surface area contributed by atoms with Crippen molar-refractivity contribution >= 4 is 135 Å². The van der Waals surface area contributed by atoms with Crippen molar-refractivity contribution in [3.05, 3.63) is 419 Å². The molecular formula is C99H87N3P3+3. The minimum atomic E-state index is -1.87. The first-order chi connectivity index (χ1) is 52.1. The standard InChI is InChI=1S/C34H31NP.C33H29NP.C32H27NP/c1-4-16-28(17-5-1)36(29-18-6-2-7-19-29,30-20-8-3-9-21-30)27-15-14-26-35-33-24-12-10-22-31(33)32-23-11-13-25-34(32)35;1-4-15-27(16-5-1)35(28-17-6-2-7-18-28,29-19-8-3-9-20-29)26-14-25-34-32-23-12-10-21-30(32)31-22-11-13-24-33(31)34;1-4-14-26(15-5-1)34(27-16-6-2-7-17-27,28-18-8-3-9-19-28)25-24-33-31-22-12-10-20-29(31)30-21-11-13-23-32(30)33/h1-13,16-25H,14-15,26-27H2;1-13,15-24H,14,25-26H2;1-23H,24-25H2/q3*+1. The fourth-order valence-electron chi connectivity index (χ4n) is 16.7. The van der Waals surface area contributed by atoms with Gasteiger partial charge in [0.15, 0.2) is 0 Å². The van der Waals surface area contributed by atoms with E-state index in [1.54, 1.807) is 0 Å². The highest BCUT2D eigenvalue weighted by Gasteiger charge is 2.47. The first-order valence-corrected chi connectivity index (χ1v) is 43.1. The van der Waals surface area contributed by atoms with E-state index in [-0.39, 0.29) is 0 Å². The summed E-state index contributed by atoms with van der Waals surface area (Å²) in [7, 11) is -5.44. The van der Waals surface area contributed by atoms with Crippen LogP contribution < -0.4 is 47.7 Å². The summed E-state index contributed by atoms with van der Waals surface area (Å²) in [5, 5.41) is 21.2. The lowest BCUT2D eigenvalue weighted by atomic mass is 10.2. The van der Waals surface area contributed by atoms with E-state index < -0.39 is 21.8 Å². The molecule has 105 heavy (non-hydrogen) atoms. The molecule has 18 aromatic rings. The lowest BCUT2D eigenvalue weighted by molar-refractivity contribution is 0.667. The van der Waals surface area contributed by atoms with Gasteiger partial charge in [-0.1, -0.05) is 273 Å². The van der Waals surface area contributed by atoms with Crippen LogP contribution in [0.4, 0.5) is 0 Å². The van der Waals surface area contributed by atoms with Crippen LogP contribution in [0.3, 0.4) is 0 Å². The average molecular weight is 1410 g/mol. The zero-order valence-electron chi connectivity index (χ0n) is 59.4. The summed E-state index contributed by atoms with van der Waals surface area (Å²) in [6, 6.07) is 154. The number of aromatic nitrogens is 3. The molecule has 3 aromatic heterocycles. The van der Waals surface area contributed by atoms with E-state index in [0.717, 1.165) is 44.8 Å². The zero-order chi connectivity index (χ0) is 70.5. The smallest absolute Gasteiger partial charge is 0.113 e. The number of rotatable bonds is 21. The van der Waals surface area contributed by atoms with Crippen molar-refractivity contribution in [3.8, 4) is 0 Å². The van der Waals surface area contributed by atoms with Crippen LogP contribution in [0.5, 0.6) is 0 Å². The Labute approximate surface area is 620 Å². The Kier molecular flexibility index (Phi) is 20.8. The van der Waals surface area contributed by atoms with E-state index in [1.165, 1.54) is 126 Å².